The van der Waals surface area contributed by atoms with Crippen molar-refractivity contribution in [3.05, 3.63) is 59.7 Å². The van der Waals surface area contributed by atoms with Crippen LogP contribution in [0.15, 0.2) is 48.5 Å². The van der Waals surface area contributed by atoms with E-state index in [0.29, 0.717) is 29.2 Å². The van der Waals surface area contributed by atoms with Crippen molar-refractivity contribution in [2.45, 2.75) is 45.4 Å². The summed E-state index contributed by atoms with van der Waals surface area (Å²) >= 11 is 5.33. The van der Waals surface area contributed by atoms with Crippen LogP contribution in [0.4, 0.5) is 5.69 Å². The Morgan fingerprint density at radius 2 is 1.81 bits per heavy atom. The van der Waals surface area contributed by atoms with E-state index in [1.807, 2.05) is 23.1 Å². The number of carbonyl (C=O) groups is 2. The van der Waals surface area contributed by atoms with E-state index in [1.165, 1.54) is 6.42 Å². The fraction of sp³-hybridized carbons (Fsp3) is 0.400. The van der Waals surface area contributed by atoms with Gasteiger partial charge < -0.3 is 15.0 Å². The van der Waals surface area contributed by atoms with Gasteiger partial charge in [-0.2, -0.15) is 0 Å². The average molecular weight is 454 g/mol. The standard InChI is InChI=1S/C25H31N3O3S/c1-2-3-9-17-31-22-14-6-5-13-21(22)23(29)27-25(32)26-20-12-10-11-19(18-20)24(30)28-15-7-4-8-16-28/h5-6,10-14,18H,2-4,7-9,15-17H2,1H3,(H2,26,27,29,32). The van der Waals surface area contributed by atoms with Gasteiger partial charge >= 0.3 is 0 Å². The molecule has 1 aliphatic heterocycles. The van der Waals surface area contributed by atoms with E-state index in [-0.39, 0.29) is 16.9 Å². The van der Waals surface area contributed by atoms with Crippen LogP contribution in [0.5, 0.6) is 5.75 Å². The average Bonchev–Trinajstić information content (AvgIpc) is 2.82. The molecule has 0 unspecified atom stereocenters. The smallest absolute Gasteiger partial charge is 0.261 e. The van der Waals surface area contributed by atoms with Gasteiger partial charge in [0.1, 0.15) is 5.75 Å². The first-order valence-electron chi connectivity index (χ1n) is 11.3. The predicted molar refractivity (Wildman–Crippen MR) is 131 cm³/mol. The molecule has 7 heteroatoms. The summed E-state index contributed by atoms with van der Waals surface area (Å²) in [6, 6.07) is 14.3. The third kappa shape index (κ3) is 6.79. The molecule has 0 atom stereocenters. The molecule has 0 bridgehead atoms. The minimum absolute atomic E-state index is 0.0254. The molecule has 2 aromatic rings. The van der Waals surface area contributed by atoms with Crippen molar-refractivity contribution in [3.8, 4) is 5.75 Å². The maximum atomic E-state index is 12.8. The third-order valence-corrected chi connectivity index (χ3v) is 5.58. The van der Waals surface area contributed by atoms with Crippen molar-refractivity contribution in [1.29, 1.82) is 0 Å². The zero-order valence-corrected chi connectivity index (χ0v) is 19.4. The lowest BCUT2D eigenvalue weighted by molar-refractivity contribution is 0.0724. The summed E-state index contributed by atoms with van der Waals surface area (Å²) in [5.74, 6) is 0.227. The van der Waals surface area contributed by atoms with E-state index in [4.69, 9.17) is 17.0 Å². The molecule has 0 saturated carbocycles. The number of thiocarbonyl (C=S) groups is 1. The molecule has 2 amide bonds. The van der Waals surface area contributed by atoms with Gasteiger partial charge in [0.25, 0.3) is 11.8 Å². The molecule has 0 radical (unpaired) electrons. The number of piperidine rings is 1. The maximum absolute atomic E-state index is 12.8. The molecule has 1 fully saturated rings. The molecule has 2 aromatic carbocycles. The monoisotopic (exact) mass is 453 g/mol. The highest BCUT2D eigenvalue weighted by Crippen LogP contribution is 2.19. The van der Waals surface area contributed by atoms with Crippen LogP contribution in [-0.4, -0.2) is 41.5 Å². The van der Waals surface area contributed by atoms with Gasteiger partial charge in [-0.15, -0.1) is 0 Å². The number of unbranched alkanes of at least 4 members (excludes halogenated alkanes) is 2. The van der Waals surface area contributed by atoms with Gasteiger partial charge in [0.2, 0.25) is 0 Å². The van der Waals surface area contributed by atoms with Crippen LogP contribution < -0.4 is 15.4 Å². The fourth-order valence-electron chi connectivity index (χ4n) is 3.66. The lowest BCUT2D eigenvalue weighted by atomic mass is 10.1. The molecule has 1 saturated heterocycles. The second kappa shape index (κ2) is 12.2. The Labute approximate surface area is 195 Å². The largest absolute Gasteiger partial charge is 0.493 e. The molecule has 3 rings (SSSR count). The second-order valence-corrected chi connectivity index (χ2v) is 8.30. The van der Waals surface area contributed by atoms with Crippen LogP contribution in [0.3, 0.4) is 0 Å². The molecule has 6 nitrogen and oxygen atoms in total. The number of anilines is 1. The molecule has 0 aliphatic carbocycles. The zero-order chi connectivity index (χ0) is 22.8. The Morgan fingerprint density at radius 3 is 2.59 bits per heavy atom. The summed E-state index contributed by atoms with van der Waals surface area (Å²) in [7, 11) is 0. The molecule has 1 aliphatic rings. The summed E-state index contributed by atoms with van der Waals surface area (Å²) in [5.41, 5.74) is 1.70. The molecule has 2 N–H and O–H groups in total. The van der Waals surface area contributed by atoms with E-state index in [9.17, 15) is 9.59 Å². The van der Waals surface area contributed by atoms with Crippen LogP contribution in [0.25, 0.3) is 0 Å². The van der Waals surface area contributed by atoms with Crippen LogP contribution in [0, 0.1) is 0 Å². The quantitative estimate of drug-likeness (QED) is 0.434. The van der Waals surface area contributed by atoms with Crippen molar-refractivity contribution in [2.24, 2.45) is 0 Å². The maximum Gasteiger partial charge on any atom is 0.261 e. The van der Waals surface area contributed by atoms with Crippen LogP contribution in [-0.2, 0) is 0 Å². The molecule has 0 aromatic heterocycles. The van der Waals surface area contributed by atoms with Gasteiger partial charge in [-0.1, -0.05) is 38.0 Å². The van der Waals surface area contributed by atoms with E-state index in [1.54, 1.807) is 30.3 Å². The number of para-hydroxylation sites is 1. The van der Waals surface area contributed by atoms with Gasteiger partial charge in [0, 0.05) is 24.3 Å². The van der Waals surface area contributed by atoms with Crippen LogP contribution in [0.1, 0.15) is 66.2 Å². The number of benzene rings is 2. The first kappa shape index (κ1) is 23.7. The Bertz CT molecular complexity index is 942. The van der Waals surface area contributed by atoms with E-state index < -0.39 is 0 Å². The van der Waals surface area contributed by atoms with Crippen LogP contribution in [0.2, 0.25) is 0 Å². The van der Waals surface area contributed by atoms with Gasteiger partial charge in [0.05, 0.1) is 12.2 Å². The molecule has 170 valence electrons. The number of nitrogens with zero attached hydrogens (tertiary/aromatic N) is 1. The minimum atomic E-state index is -0.339. The first-order valence-corrected chi connectivity index (χ1v) is 11.7. The highest BCUT2D eigenvalue weighted by Gasteiger charge is 2.19. The molecule has 1 heterocycles. The van der Waals surface area contributed by atoms with Crippen molar-refractivity contribution in [3.63, 3.8) is 0 Å². The Kier molecular flexibility index (Phi) is 9.04. The van der Waals surface area contributed by atoms with E-state index in [2.05, 4.69) is 17.6 Å². The lowest BCUT2D eigenvalue weighted by Crippen LogP contribution is -2.36. The van der Waals surface area contributed by atoms with Crippen LogP contribution >= 0.6 is 12.2 Å². The summed E-state index contributed by atoms with van der Waals surface area (Å²) in [5, 5.41) is 5.88. The number of rotatable bonds is 8. The summed E-state index contributed by atoms with van der Waals surface area (Å²) < 4.78 is 5.79. The van der Waals surface area contributed by atoms with Gasteiger partial charge in [-0.3, -0.25) is 14.9 Å². The van der Waals surface area contributed by atoms with Crippen molar-refractivity contribution in [1.82, 2.24) is 10.2 Å². The van der Waals surface area contributed by atoms with Gasteiger partial charge in [0.15, 0.2) is 5.11 Å². The number of hydrogen-bond donors (Lipinski definition) is 2. The van der Waals surface area contributed by atoms with Crippen molar-refractivity contribution < 1.29 is 14.3 Å². The molecular weight excluding hydrogens is 422 g/mol. The number of carbonyl (C=O) groups excluding carboxylic acids is 2. The normalized spacial score (nSPS) is 13.3. The Hall–Kier alpha value is -2.93. The first-order chi connectivity index (χ1) is 15.6. The van der Waals surface area contributed by atoms with Crippen molar-refractivity contribution in [2.75, 3.05) is 25.0 Å². The number of hydrogen-bond acceptors (Lipinski definition) is 4. The number of ether oxygens (including phenoxy) is 1. The molecular formula is C25H31N3O3S. The highest BCUT2D eigenvalue weighted by molar-refractivity contribution is 7.80. The van der Waals surface area contributed by atoms with Gasteiger partial charge in [-0.05, 0) is 68.2 Å². The number of amides is 2. The minimum Gasteiger partial charge on any atom is -0.493 e. The van der Waals surface area contributed by atoms with E-state index in [0.717, 1.165) is 45.2 Å². The second-order valence-electron chi connectivity index (χ2n) is 7.89. The topological polar surface area (TPSA) is 70.7 Å². The van der Waals surface area contributed by atoms with Crippen molar-refractivity contribution >= 4 is 34.8 Å². The Morgan fingerprint density at radius 1 is 1.03 bits per heavy atom. The summed E-state index contributed by atoms with van der Waals surface area (Å²) in [6.45, 7) is 4.29. The lowest BCUT2D eigenvalue weighted by Gasteiger charge is -2.26. The predicted octanol–water partition coefficient (Wildman–Crippen LogP) is 5.01. The SMILES string of the molecule is CCCCCOc1ccccc1C(=O)NC(=S)Nc1cccc(C(=O)N2CCCCC2)c1. The van der Waals surface area contributed by atoms with E-state index >= 15 is 0 Å². The fourth-order valence-corrected chi connectivity index (χ4v) is 3.87. The highest BCUT2D eigenvalue weighted by atomic mass is 32.1. The summed E-state index contributed by atoms with van der Waals surface area (Å²) in [4.78, 5) is 27.4. The zero-order valence-electron chi connectivity index (χ0n) is 18.6. The molecule has 32 heavy (non-hydrogen) atoms. The van der Waals surface area contributed by atoms with Gasteiger partial charge in [-0.25, -0.2) is 0 Å². The summed E-state index contributed by atoms with van der Waals surface area (Å²) in [6.07, 6.45) is 6.40. The Balaban J connectivity index is 1.59. The third-order valence-electron chi connectivity index (χ3n) is 5.37. The number of likely N-dealkylation sites (tertiary alicyclic amines) is 1. The number of nitrogens with one attached hydrogen (secondary N) is 2. The molecule has 0 spiro atoms.